The van der Waals surface area contributed by atoms with Crippen LogP contribution in [-0.4, -0.2) is 67.4 Å². The van der Waals surface area contributed by atoms with Crippen molar-refractivity contribution in [3.8, 4) is 0 Å². The third-order valence-electron chi connectivity index (χ3n) is 2.54. The van der Waals surface area contributed by atoms with Gasteiger partial charge in [0.25, 0.3) is 0 Å². The van der Waals surface area contributed by atoms with E-state index in [1.54, 1.807) is 0 Å². The number of hydrogen-bond acceptors (Lipinski definition) is 4. The Hall–Kier alpha value is -1.34. The van der Waals surface area contributed by atoms with E-state index in [4.69, 9.17) is 9.84 Å². The van der Waals surface area contributed by atoms with Crippen molar-refractivity contribution in [3.05, 3.63) is 0 Å². The second-order valence-corrected chi connectivity index (χ2v) is 3.91. The zero-order valence-corrected chi connectivity index (χ0v) is 9.94. The minimum atomic E-state index is -1.05. The number of carboxylic acids is 1. The molecule has 17 heavy (non-hydrogen) atoms. The van der Waals surface area contributed by atoms with Crippen molar-refractivity contribution >= 4 is 12.0 Å². The van der Waals surface area contributed by atoms with Crippen molar-refractivity contribution in [3.63, 3.8) is 0 Å². The van der Waals surface area contributed by atoms with E-state index in [2.05, 4.69) is 15.5 Å². The summed E-state index contributed by atoms with van der Waals surface area (Å²) in [4.78, 5) is 23.9. The van der Waals surface area contributed by atoms with Crippen molar-refractivity contribution in [1.82, 2.24) is 15.5 Å². The molecule has 3 N–H and O–H groups in total. The molecular weight excluding hydrogens is 226 g/mol. The van der Waals surface area contributed by atoms with Gasteiger partial charge in [-0.2, -0.15) is 0 Å². The number of aliphatic carboxylic acids is 1. The van der Waals surface area contributed by atoms with E-state index >= 15 is 0 Å². The monoisotopic (exact) mass is 245 g/mol. The Bertz CT molecular complexity index is 266. The van der Waals surface area contributed by atoms with Gasteiger partial charge in [-0.25, -0.2) is 4.79 Å². The molecule has 0 aliphatic carbocycles. The number of carbonyl (C=O) groups excluding carboxylic acids is 1. The van der Waals surface area contributed by atoms with E-state index in [1.807, 2.05) is 0 Å². The molecule has 1 fully saturated rings. The molecule has 1 heterocycles. The first-order chi connectivity index (χ1) is 8.09. The summed E-state index contributed by atoms with van der Waals surface area (Å²) in [5, 5.41) is 13.5. The number of carboxylic acid groups (broad SMARTS) is 1. The molecule has 1 rings (SSSR count). The molecule has 7 nitrogen and oxygen atoms in total. The second-order valence-electron chi connectivity index (χ2n) is 3.91. The Morgan fingerprint density at radius 1 is 1.41 bits per heavy atom. The standard InChI is InChI=1S/C10H19N3O4/c1-8(9(14)15)12-10(16)11-2-3-13-4-6-17-7-5-13/h8H,2-7H2,1H3,(H,14,15)(H2,11,12,16)/t8-/m1/s1. The number of urea groups is 1. The molecule has 0 aromatic rings. The molecule has 0 aromatic heterocycles. The van der Waals surface area contributed by atoms with Gasteiger partial charge >= 0.3 is 12.0 Å². The lowest BCUT2D eigenvalue weighted by Crippen LogP contribution is -2.47. The summed E-state index contributed by atoms with van der Waals surface area (Å²) in [6.45, 7) is 5.86. The highest BCUT2D eigenvalue weighted by atomic mass is 16.5. The van der Waals surface area contributed by atoms with Crippen LogP contribution in [0.5, 0.6) is 0 Å². The van der Waals surface area contributed by atoms with Crippen molar-refractivity contribution in [2.45, 2.75) is 13.0 Å². The molecule has 1 aliphatic rings. The predicted octanol–water partition coefficient (Wildman–Crippen LogP) is -0.909. The second kappa shape index (κ2) is 7.08. The van der Waals surface area contributed by atoms with Gasteiger partial charge in [-0.1, -0.05) is 0 Å². The number of hydrogen-bond donors (Lipinski definition) is 3. The average molecular weight is 245 g/mol. The van der Waals surface area contributed by atoms with Gasteiger partial charge in [0.2, 0.25) is 0 Å². The van der Waals surface area contributed by atoms with Crippen LogP contribution in [0.25, 0.3) is 0 Å². The fraction of sp³-hybridized carbons (Fsp3) is 0.800. The summed E-state index contributed by atoms with van der Waals surface area (Å²) in [5.74, 6) is -1.05. The van der Waals surface area contributed by atoms with E-state index in [0.717, 1.165) is 32.8 Å². The smallest absolute Gasteiger partial charge is 0.325 e. The molecule has 0 saturated carbocycles. The lowest BCUT2D eigenvalue weighted by molar-refractivity contribution is -0.138. The Morgan fingerprint density at radius 2 is 2.06 bits per heavy atom. The van der Waals surface area contributed by atoms with Crippen LogP contribution in [0.15, 0.2) is 0 Å². The van der Waals surface area contributed by atoms with Gasteiger partial charge in [-0.05, 0) is 6.92 Å². The summed E-state index contributed by atoms with van der Waals surface area (Å²) >= 11 is 0. The fourth-order valence-corrected chi connectivity index (χ4v) is 1.46. The Labute approximate surface area is 100 Å². The number of amides is 2. The van der Waals surface area contributed by atoms with Gasteiger partial charge in [-0.15, -0.1) is 0 Å². The summed E-state index contributed by atoms with van der Waals surface area (Å²) in [5.41, 5.74) is 0. The maximum Gasteiger partial charge on any atom is 0.325 e. The largest absolute Gasteiger partial charge is 0.480 e. The van der Waals surface area contributed by atoms with Gasteiger partial charge in [0.1, 0.15) is 6.04 Å². The number of carbonyl (C=O) groups is 2. The van der Waals surface area contributed by atoms with Crippen LogP contribution in [0.3, 0.4) is 0 Å². The van der Waals surface area contributed by atoms with Crippen LogP contribution >= 0.6 is 0 Å². The molecule has 1 saturated heterocycles. The Kier molecular flexibility index (Phi) is 5.71. The highest BCUT2D eigenvalue weighted by molar-refractivity contribution is 5.82. The van der Waals surface area contributed by atoms with Gasteiger partial charge in [0, 0.05) is 26.2 Å². The molecule has 0 unspecified atom stereocenters. The quantitative estimate of drug-likeness (QED) is 0.583. The SMILES string of the molecule is C[C@@H](NC(=O)NCCN1CCOCC1)C(=O)O. The van der Waals surface area contributed by atoms with Gasteiger partial charge in [-0.3, -0.25) is 9.69 Å². The van der Waals surface area contributed by atoms with Crippen molar-refractivity contribution in [2.24, 2.45) is 0 Å². The number of ether oxygens (including phenoxy) is 1. The zero-order valence-electron chi connectivity index (χ0n) is 9.94. The maximum atomic E-state index is 11.3. The first-order valence-corrected chi connectivity index (χ1v) is 5.67. The van der Waals surface area contributed by atoms with E-state index in [1.165, 1.54) is 6.92 Å². The lowest BCUT2D eigenvalue weighted by Gasteiger charge is -2.26. The first kappa shape index (κ1) is 13.7. The molecule has 1 aliphatic heterocycles. The van der Waals surface area contributed by atoms with Crippen LogP contribution in [0.4, 0.5) is 4.79 Å². The van der Waals surface area contributed by atoms with Gasteiger partial charge in [0.15, 0.2) is 0 Å². The molecule has 98 valence electrons. The first-order valence-electron chi connectivity index (χ1n) is 5.67. The van der Waals surface area contributed by atoms with Crippen LogP contribution < -0.4 is 10.6 Å². The normalized spacial score (nSPS) is 18.4. The summed E-state index contributed by atoms with van der Waals surface area (Å²) in [6, 6.07) is -1.33. The Morgan fingerprint density at radius 3 is 2.65 bits per heavy atom. The zero-order chi connectivity index (χ0) is 12.7. The Balaban J connectivity index is 2.09. The van der Waals surface area contributed by atoms with Crippen LogP contribution in [0.2, 0.25) is 0 Å². The van der Waals surface area contributed by atoms with Crippen LogP contribution in [0.1, 0.15) is 6.92 Å². The number of nitrogens with zero attached hydrogens (tertiary/aromatic N) is 1. The molecular formula is C10H19N3O4. The topological polar surface area (TPSA) is 90.9 Å². The molecule has 0 radical (unpaired) electrons. The number of morpholine rings is 1. The molecule has 0 aromatic carbocycles. The molecule has 1 atom stereocenters. The average Bonchev–Trinajstić information content (AvgIpc) is 2.30. The molecule has 7 heteroatoms. The summed E-state index contributed by atoms with van der Waals surface area (Å²) in [7, 11) is 0. The van der Waals surface area contributed by atoms with E-state index < -0.39 is 18.0 Å². The van der Waals surface area contributed by atoms with Crippen molar-refractivity contribution in [2.75, 3.05) is 39.4 Å². The van der Waals surface area contributed by atoms with E-state index in [9.17, 15) is 9.59 Å². The van der Waals surface area contributed by atoms with Gasteiger partial charge < -0.3 is 20.5 Å². The number of rotatable bonds is 5. The fourth-order valence-electron chi connectivity index (χ4n) is 1.46. The minimum Gasteiger partial charge on any atom is -0.480 e. The molecule has 0 spiro atoms. The third-order valence-corrected chi connectivity index (χ3v) is 2.54. The van der Waals surface area contributed by atoms with E-state index in [0.29, 0.717) is 6.54 Å². The van der Waals surface area contributed by atoms with Crippen molar-refractivity contribution < 1.29 is 19.4 Å². The summed E-state index contributed by atoms with van der Waals surface area (Å²) < 4.78 is 5.20. The predicted molar refractivity (Wildman–Crippen MR) is 60.9 cm³/mol. The van der Waals surface area contributed by atoms with Crippen molar-refractivity contribution in [1.29, 1.82) is 0 Å². The lowest BCUT2D eigenvalue weighted by atomic mass is 10.3. The highest BCUT2D eigenvalue weighted by Crippen LogP contribution is 1.94. The maximum absolute atomic E-state index is 11.3. The van der Waals surface area contributed by atoms with E-state index in [-0.39, 0.29) is 0 Å². The number of nitrogens with one attached hydrogen (secondary N) is 2. The third kappa shape index (κ3) is 5.50. The van der Waals surface area contributed by atoms with Crippen LogP contribution in [-0.2, 0) is 9.53 Å². The summed E-state index contributed by atoms with van der Waals surface area (Å²) in [6.07, 6.45) is 0. The highest BCUT2D eigenvalue weighted by Gasteiger charge is 2.14. The van der Waals surface area contributed by atoms with Gasteiger partial charge in [0.05, 0.1) is 13.2 Å². The molecule has 0 bridgehead atoms. The molecule has 2 amide bonds. The van der Waals surface area contributed by atoms with Crippen LogP contribution in [0, 0.1) is 0 Å². The minimum absolute atomic E-state index is 0.451.